The zero-order valence-corrected chi connectivity index (χ0v) is 8.79. The van der Waals surface area contributed by atoms with Gasteiger partial charge in [-0.3, -0.25) is 0 Å². The Hall–Kier alpha value is -0.690. The normalized spacial score (nSPS) is 13.9. The number of benzene rings is 1. The quantitative estimate of drug-likeness (QED) is 0.730. The summed E-state index contributed by atoms with van der Waals surface area (Å²) in [6.45, 7) is 3.34. The second kappa shape index (κ2) is 4.52. The number of anilines is 1. The summed E-state index contributed by atoms with van der Waals surface area (Å²) < 4.78 is 0. The molecule has 0 amide bonds. The van der Waals surface area contributed by atoms with Gasteiger partial charge in [0, 0.05) is 12.2 Å². The minimum Gasteiger partial charge on any atom is -0.385 e. The van der Waals surface area contributed by atoms with E-state index in [1.54, 1.807) is 0 Å². The summed E-state index contributed by atoms with van der Waals surface area (Å²) in [6.07, 6.45) is 3.67. The van der Waals surface area contributed by atoms with E-state index in [-0.39, 0.29) is 12.4 Å². The Morgan fingerprint density at radius 3 is 3.00 bits per heavy atom. The Morgan fingerprint density at radius 1 is 1.38 bits per heavy atom. The predicted molar refractivity (Wildman–Crippen MR) is 59.9 cm³/mol. The number of rotatable bonds is 1. The SMILES string of the molecule is CCc1ccc2c(c1)CCCN2.Cl. The molecule has 0 aliphatic carbocycles. The van der Waals surface area contributed by atoms with Crippen molar-refractivity contribution in [2.75, 3.05) is 11.9 Å². The van der Waals surface area contributed by atoms with Gasteiger partial charge in [-0.1, -0.05) is 19.1 Å². The van der Waals surface area contributed by atoms with E-state index in [1.165, 1.54) is 29.7 Å². The Balaban J connectivity index is 0.000000845. The van der Waals surface area contributed by atoms with Gasteiger partial charge in [0.1, 0.15) is 0 Å². The van der Waals surface area contributed by atoms with Crippen LogP contribution in [-0.2, 0) is 12.8 Å². The molecular weight excluding hydrogens is 182 g/mol. The molecule has 72 valence electrons. The summed E-state index contributed by atoms with van der Waals surface area (Å²) in [7, 11) is 0. The first-order valence-electron chi connectivity index (χ1n) is 4.76. The fraction of sp³-hybridized carbons (Fsp3) is 0.455. The summed E-state index contributed by atoms with van der Waals surface area (Å²) in [5.74, 6) is 0. The average Bonchev–Trinajstić information content (AvgIpc) is 2.17. The number of nitrogens with one attached hydrogen (secondary N) is 1. The Bertz CT molecular complexity index is 283. The fourth-order valence-electron chi connectivity index (χ4n) is 1.75. The molecule has 13 heavy (non-hydrogen) atoms. The third kappa shape index (κ3) is 2.16. The minimum absolute atomic E-state index is 0. The Morgan fingerprint density at radius 2 is 2.23 bits per heavy atom. The maximum atomic E-state index is 3.41. The molecule has 0 unspecified atom stereocenters. The lowest BCUT2D eigenvalue weighted by Gasteiger charge is -2.18. The second-order valence-electron chi connectivity index (χ2n) is 3.38. The molecule has 1 aromatic rings. The number of fused-ring (bicyclic) bond motifs is 1. The topological polar surface area (TPSA) is 12.0 Å². The number of hydrogen-bond donors (Lipinski definition) is 1. The van der Waals surface area contributed by atoms with Crippen LogP contribution in [0.1, 0.15) is 24.5 Å². The molecule has 1 heterocycles. The van der Waals surface area contributed by atoms with E-state index in [0.29, 0.717) is 0 Å². The molecular formula is C11H16ClN. The molecule has 1 N–H and O–H groups in total. The highest BCUT2D eigenvalue weighted by Gasteiger charge is 2.07. The van der Waals surface area contributed by atoms with Crippen LogP contribution in [0.2, 0.25) is 0 Å². The number of aryl methyl sites for hydroxylation is 2. The van der Waals surface area contributed by atoms with Crippen molar-refractivity contribution in [1.82, 2.24) is 0 Å². The minimum atomic E-state index is 0. The third-order valence-electron chi connectivity index (χ3n) is 2.52. The van der Waals surface area contributed by atoms with Gasteiger partial charge in [0.25, 0.3) is 0 Å². The van der Waals surface area contributed by atoms with Crippen molar-refractivity contribution in [2.24, 2.45) is 0 Å². The zero-order valence-electron chi connectivity index (χ0n) is 7.97. The van der Waals surface area contributed by atoms with E-state index in [4.69, 9.17) is 0 Å². The summed E-state index contributed by atoms with van der Waals surface area (Å²) in [6, 6.07) is 6.77. The molecule has 1 nitrogen and oxygen atoms in total. The first-order chi connectivity index (χ1) is 5.90. The standard InChI is InChI=1S/C11H15N.ClH/c1-2-9-5-6-11-10(8-9)4-3-7-12-11;/h5-6,8,12H,2-4,7H2,1H3;1H. The van der Waals surface area contributed by atoms with Crippen LogP contribution in [0.15, 0.2) is 18.2 Å². The highest BCUT2D eigenvalue weighted by Crippen LogP contribution is 2.22. The van der Waals surface area contributed by atoms with E-state index >= 15 is 0 Å². The highest BCUT2D eigenvalue weighted by molar-refractivity contribution is 5.85. The van der Waals surface area contributed by atoms with Crippen molar-refractivity contribution in [3.63, 3.8) is 0 Å². The Kier molecular flexibility index (Phi) is 3.61. The Labute approximate surface area is 86.0 Å². The molecule has 2 rings (SSSR count). The molecule has 0 spiro atoms. The maximum absolute atomic E-state index is 3.41. The predicted octanol–water partition coefficient (Wildman–Crippen LogP) is 3.03. The summed E-state index contributed by atoms with van der Waals surface area (Å²) in [5, 5.41) is 3.41. The second-order valence-corrected chi connectivity index (χ2v) is 3.38. The van der Waals surface area contributed by atoms with Gasteiger partial charge in [0.2, 0.25) is 0 Å². The monoisotopic (exact) mass is 197 g/mol. The van der Waals surface area contributed by atoms with E-state index in [1.807, 2.05) is 0 Å². The van der Waals surface area contributed by atoms with Gasteiger partial charge in [-0.25, -0.2) is 0 Å². The highest BCUT2D eigenvalue weighted by atomic mass is 35.5. The van der Waals surface area contributed by atoms with E-state index in [0.717, 1.165) is 13.0 Å². The summed E-state index contributed by atoms with van der Waals surface area (Å²) >= 11 is 0. The van der Waals surface area contributed by atoms with Crippen molar-refractivity contribution in [1.29, 1.82) is 0 Å². The van der Waals surface area contributed by atoms with Crippen molar-refractivity contribution < 1.29 is 0 Å². The van der Waals surface area contributed by atoms with E-state index in [2.05, 4.69) is 30.4 Å². The van der Waals surface area contributed by atoms with Gasteiger partial charge in [0.05, 0.1) is 0 Å². The van der Waals surface area contributed by atoms with Crippen LogP contribution in [0.25, 0.3) is 0 Å². The average molecular weight is 198 g/mol. The van der Waals surface area contributed by atoms with Crippen LogP contribution >= 0.6 is 12.4 Å². The largest absolute Gasteiger partial charge is 0.385 e. The zero-order chi connectivity index (χ0) is 8.39. The molecule has 0 bridgehead atoms. The van der Waals surface area contributed by atoms with Gasteiger partial charge >= 0.3 is 0 Å². The summed E-state index contributed by atoms with van der Waals surface area (Å²) in [5.41, 5.74) is 4.30. The van der Waals surface area contributed by atoms with Gasteiger partial charge < -0.3 is 5.32 Å². The fourth-order valence-corrected chi connectivity index (χ4v) is 1.75. The van der Waals surface area contributed by atoms with Crippen molar-refractivity contribution >= 4 is 18.1 Å². The molecule has 0 aromatic heterocycles. The first-order valence-corrected chi connectivity index (χ1v) is 4.76. The van der Waals surface area contributed by atoms with Crippen LogP contribution < -0.4 is 5.32 Å². The lowest BCUT2D eigenvalue weighted by molar-refractivity contribution is 0.827. The van der Waals surface area contributed by atoms with Crippen molar-refractivity contribution in [2.45, 2.75) is 26.2 Å². The molecule has 1 aliphatic heterocycles. The number of hydrogen-bond acceptors (Lipinski definition) is 1. The molecule has 2 heteroatoms. The van der Waals surface area contributed by atoms with Crippen LogP contribution in [0, 0.1) is 0 Å². The molecule has 0 radical (unpaired) electrons. The maximum Gasteiger partial charge on any atom is 0.0372 e. The van der Waals surface area contributed by atoms with Crippen molar-refractivity contribution in [3.8, 4) is 0 Å². The number of halogens is 1. The van der Waals surface area contributed by atoms with Crippen molar-refractivity contribution in [3.05, 3.63) is 29.3 Å². The molecule has 0 saturated heterocycles. The molecule has 0 saturated carbocycles. The van der Waals surface area contributed by atoms with Crippen LogP contribution in [-0.4, -0.2) is 6.54 Å². The smallest absolute Gasteiger partial charge is 0.0372 e. The lowest BCUT2D eigenvalue weighted by atomic mass is 10.00. The van der Waals surface area contributed by atoms with Gasteiger partial charge in [-0.15, -0.1) is 12.4 Å². The van der Waals surface area contributed by atoms with E-state index < -0.39 is 0 Å². The van der Waals surface area contributed by atoms with Crippen LogP contribution in [0.4, 0.5) is 5.69 Å². The van der Waals surface area contributed by atoms with E-state index in [9.17, 15) is 0 Å². The van der Waals surface area contributed by atoms with Crippen LogP contribution in [0.3, 0.4) is 0 Å². The molecule has 1 aliphatic rings. The van der Waals surface area contributed by atoms with Gasteiger partial charge in [-0.05, 0) is 36.5 Å². The first kappa shape index (κ1) is 10.4. The summed E-state index contributed by atoms with van der Waals surface area (Å²) in [4.78, 5) is 0. The third-order valence-corrected chi connectivity index (χ3v) is 2.52. The molecule has 1 aromatic carbocycles. The molecule has 0 fully saturated rings. The molecule has 0 atom stereocenters. The van der Waals surface area contributed by atoms with Gasteiger partial charge in [0.15, 0.2) is 0 Å². The van der Waals surface area contributed by atoms with Gasteiger partial charge in [-0.2, -0.15) is 0 Å². The van der Waals surface area contributed by atoms with Crippen LogP contribution in [0.5, 0.6) is 0 Å². The lowest BCUT2D eigenvalue weighted by Crippen LogP contribution is -2.11.